The van der Waals surface area contributed by atoms with Crippen LogP contribution in [0.15, 0.2) is 35.4 Å². The molecule has 0 saturated carbocycles. The van der Waals surface area contributed by atoms with Crippen molar-refractivity contribution < 1.29 is 4.39 Å². The molecule has 1 aromatic rings. The molecule has 0 unspecified atom stereocenters. The van der Waals surface area contributed by atoms with Crippen LogP contribution in [0, 0.1) is 11.2 Å². The van der Waals surface area contributed by atoms with Crippen LogP contribution in [0.1, 0.15) is 25.8 Å². The Morgan fingerprint density at radius 1 is 1.28 bits per heavy atom. The Labute approximate surface area is 109 Å². The normalized spacial score (nSPS) is 12.5. The third-order valence-electron chi connectivity index (χ3n) is 2.48. The monoisotopic (exact) mass is 248 g/mol. The van der Waals surface area contributed by atoms with Gasteiger partial charge >= 0.3 is 0 Å². The Morgan fingerprint density at radius 3 is 2.56 bits per heavy atom. The molecule has 2 nitrogen and oxygen atoms in total. The van der Waals surface area contributed by atoms with Crippen LogP contribution in [-0.2, 0) is 0 Å². The molecule has 0 amide bonds. The van der Waals surface area contributed by atoms with E-state index in [2.05, 4.69) is 18.9 Å². The van der Waals surface area contributed by atoms with Crippen LogP contribution < -0.4 is 0 Å². The molecule has 0 fully saturated rings. The lowest BCUT2D eigenvalue weighted by Crippen LogP contribution is -2.14. The maximum absolute atomic E-state index is 13.4. The number of hydrogen-bond acceptors (Lipinski definition) is 2. The predicted molar refractivity (Wildman–Crippen MR) is 76.0 cm³/mol. The zero-order valence-corrected chi connectivity index (χ0v) is 11.5. The summed E-state index contributed by atoms with van der Waals surface area (Å²) in [6, 6.07) is 6.77. The van der Waals surface area contributed by atoms with E-state index in [0.29, 0.717) is 5.56 Å². The van der Waals surface area contributed by atoms with E-state index in [1.165, 1.54) is 6.07 Å². The van der Waals surface area contributed by atoms with Gasteiger partial charge in [-0.05, 0) is 12.5 Å². The quantitative estimate of drug-likeness (QED) is 0.571. The summed E-state index contributed by atoms with van der Waals surface area (Å²) in [6.07, 6.45) is 6.54. The molecule has 0 aliphatic rings. The van der Waals surface area contributed by atoms with E-state index >= 15 is 0 Å². The van der Waals surface area contributed by atoms with Crippen LogP contribution in [-0.4, -0.2) is 25.3 Å². The van der Waals surface area contributed by atoms with Crippen LogP contribution in [0.3, 0.4) is 0 Å². The Morgan fingerprint density at radius 2 is 1.94 bits per heavy atom. The van der Waals surface area contributed by atoms with E-state index in [1.807, 2.05) is 38.5 Å². The zero-order valence-electron chi connectivity index (χ0n) is 11.5. The number of benzene rings is 1. The molecule has 18 heavy (non-hydrogen) atoms. The molecule has 0 heterocycles. The molecule has 0 spiro atoms. The van der Waals surface area contributed by atoms with Gasteiger partial charge in [0.1, 0.15) is 5.82 Å². The van der Waals surface area contributed by atoms with Crippen molar-refractivity contribution >= 4 is 12.3 Å². The van der Waals surface area contributed by atoms with Gasteiger partial charge in [0.25, 0.3) is 0 Å². The van der Waals surface area contributed by atoms with Crippen molar-refractivity contribution in [3.63, 3.8) is 0 Å². The van der Waals surface area contributed by atoms with Gasteiger partial charge in [-0.1, -0.05) is 44.2 Å². The fraction of sp³-hybridized carbons (Fsp3) is 0.400. The lowest BCUT2D eigenvalue weighted by atomic mass is 9.90. The average Bonchev–Trinajstić information content (AvgIpc) is 2.29. The lowest BCUT2D eigenvalue weighted by Gasteiger charge is -2.17. The fourth-order valence-corrected chi connectivity index (χ4v) is 1.42. The highest BCUT2D eigenvalue weighted by atomic mass is 19.1. The molecule has 3 heteroatoms. The van der Waals surface area contributed by atoms with Crippen molar-refractivity contribution in [3.8, 4) is 0 Å². The maximum Gasteiger partial charge on any atom is 0.130 e. The SMILES string of the molecule is CN(C)/N=C/C(C)(C)C/C=C/c1ccccc1F. The first-order valence-corrected chi connectivity index (χ1v) is 6.04. The predicted octanol–water partition coefficient (Wildman–Crippen LogP) is 3.80. The van der Waals surface area contributed by atoms with Crippen molar-refractivity contribution in [2.75, 3.05) is 14.1 Å². The Balaban J connectivity index is 2.62. The standard InChI is InChI=1S/C15H21FN2/c1-15(2,12-17-18(3)4)11-7-9-13-8-5-6-10-14(13)16/h5-10,12H,11H2,1-4H3/b9-7+,17-12+. The maximum atomic E-state index is 13.4. The number of halogens is 1. The molecular weight excluding hydrogens is 227 g/mol. The molecule has 1 aromatic carbocycles. The van der Waals surface area contributed by atoms with Crippen LogP contribution in [0.5, 0.6) is 0 Å². The van der Waals surface area contributed by atoms with Crippen LogP contribution >= 0.6 is 0 Å². The molecule has 98 valence electrons. The Hall–Kier alpha value is -1.64. The average molecular weight is 248 g/mol. The summed E-state index contributed by atoms with van der Waals surface area (Å²) in [5.41, 5.74) is 0.587. The van der Waals surface area contributed by atoms with Crippen molar-refractivity contribution in [2.24, 2.45) is 10.5 Å². The number of rotatable bonds is 5. The van der Waals surface area contributed by atoms with Gasteiger partial charge in [0, 0.05) is 31.3 Å². The van der Waals surface area contributed by atoms with Crippen LogP contribution in [0.2, 0.25) is 0 Å². The first kappa shape index (κ1) is 14.4. The summed E-state index contributed by atoms with van der Waals surface area (Å²) < 4.78 is 13.4. The second kappa shape index (κ2) is 6.34. The van der Waals surface area contributed by atoms with Crippen LogP contribution in [0.4, 0.5) is 4.39 Å². The largest absolute Gasteiger partial charge is 0.303 e. The summed E-state index contributed by atoms with van der Waals surface area (Å²) >= 11 is 0. The highest BCUT2D eigenvalue weighted by Crippen LogP contribution is 2.19. The van der Waals surface area contributed by atoms with E-state index in [0.717, 1.165) is 6.42 Å². The van der Waals surface area contributed by atoms with Crippen molar-refractivity contribution in [2.45, 2.75) is 20.3 Å². The highest BCUT2D eigenvalue weighted by molar-refractivity contribution is 5.65. The summed E-state index contributed by atoms with van der Waals surface area (Å²) in [5, 5.41) is 6.01. The molecule has 0 N–H and O–H groups in total. The van der Waals surface area contributed by atoms with Gasteiger partial charge in [0.05, 0.1) is 0 Å². The number of nitrogens with zero attached hydrogens (tertiary/aromatic N) is 2. The second-order valence-electron chi connectivity index (χ2n) is 5.21. The minimum Gasteiger partial charge on any atom is -0.303 e. The Bertz CT molecular complexity index is 434. The zero-order chi connectivity index (χ0) is 13.6. The van der Waals surface area contributed by atoms with Crippen molar-refractivity contribution in [1.82, 2.24) is 5.01 Å². The van der Waals surface area contributed by atoms with E-state index < -0.39 is 0 Å². The summed E-state index contributed by atoms with van der Waals surface area (Å²) in [5.74, 6) is -0.187. The van der Waals surface area contributed by atoms with Gasteiger partial charge < -0.3 is 5.01 Å². The van der Waals surface area contributed by atoms with Gasteiger partial charge in [-0.3, -0.25) is 0 Å². The minimum absolute atomic E-state index is 0.0357. The van der Waals surface area contributed by atoms with Gasteiger partial charge in [0.2, 0.25) is 0 Å². The molecule has 1 rings (SSSR count). The molecule has 0 aromatic heterocycles. The van der Waals surface area contributed by atoms with Crippen molar-refractivity contribution in [1.29, 1.82) is 0 Å². The Kier molecular flexibility index (Phi) is 5.08. The van der Waals surface area contributed by atoms with Crippen molar-refractivity contribution in [3.05, 3.63) is 41.7 Å². The molecule has 0 saturated heterocycles. The summed E-state index contributed by atoms with van der Waals surface area (Å²) in [7, 11) is 3.78. The van der Waals surface area contributed by atoms with E-state index in [1.54, 1.807) is 17.1 Å². The fourth-order valence-electron chi connectivity index (χ4n) is 1.42. The highest BCUT2D eigenvalue weighted by Gasteiger charge is 2.12. The van der Waals surface area contributed by atoms with Crippen LogP contribution in [0.25, 0.3) is 6.08 Å². The molecule has 0 bridgehead atoms. The van der Waals surface area contributed by atoms with E-state index in [4.69, 9.17) is 0 Å². The third-order valence-corrected chi connectivity index (χ3v) is 2.48. The number of hydrogen-bond donors (Lipinski definition) is 0. The topological polar surface area (TPSA) is 15.6 Å². The third kappa shape index (κ3) is 5.13. The smallest absolute Gasteiger partial charge is 0.130 e. The second-order valence-corrected chi connectivity index (χ2v) is 5.21. The number of hydrazone groups is 1. The van der Waals surface area contributed by atoms with Gasteiger partial charge in [-0.2, -0.15) is 5.10 Å². The van der Waals surface area contributed by atoms with E-state index in [-0.39, 0.29) is 11.2 Å². The molecule has 0 atom stereocenters. The molecular formula is C15H21FN2. The summed E-state index contributed by atoms with van der Waals surface area (Å²) in [6.45, 7) is 4.21. The molecule has 0 aliphatic carbocycles. The van der Waals surface area contributed by atoms with Gasteiger partial charge in [-0.15, -0.1) is 0 Å². The van der Waals surface area contributed by atoms with Gasteiger partial charge in [0.15, 0.2) is 0 Å². The minimum atomic E-state index is -0.187. The first-order valence-electron chi connectivity index (χ1n) is 6.04. The van der Waals surface area contributed by atoms with E-state index in [9.17, 15) is 4.39 Å². The first-order chi connectivity index (χ1) is 8.41. The summed E-state index contributed by atoms with van der Waals surface area (Å²) in [4.78, 5) is 0. The number of allylic oxidation sites excluding steroid dienone is 1. The molecule has 0 aliphatic heterocycles. The van der Waals surface area contributed by atoms with Gasteiger partial charge in [-0.25, -0.2) is 4.39 Å². The lowest BCUT2D eigenvalue weighted by molar-refractivity contribution is 0.425. The molecule has 0 radical (unpaired) electrons.